The number of pyridine rings is 1. The minimum absolute atomic E-state index is 0.159. The number of nitrogens with zero attached hydrogens (tertiary/aromatic N) is 6. The molecule has 4 aromatic rings. The van der Waals surface area contributed by atoms with E-state index in [1.807, 2.05) is 10.6 Å². The van der Waals surface area contributed by atoms with Crippen molar-refractivity contribution in [3.8, 4) is 0 Å². The Hall–Kier alpha value is -3.49. The van der Waals surface area contributed by atoms with Gasteiger partial charge in [-0.3, -0.25) is 4.68 Å². The first-order valence-electron chi connectivity index (χ1n) is 8.67. The van der Waals surface area contributed by atoms with Crippen LogP contribution in [-0.2, 0) is 13.0 Å². The van der Waals surface area contributed by atoms with Gasteiger partial charge in [0.05, 0.1) is 30.4 Å². The molecule has 9 heteroatoms. The first-order chi connectivity index (χ1) is 13.2. The van der Waals surface area contributed by atoms with Crippen molar-refractivity contribution in [3.05, 3.63) is 65.5 Å². The molecular weight excluding hydrogens is 348 g/mol. The average Bonchev–Trinajstić information content (AvgIpc) is 3.04. The highest BCUT2D eigenvalue weighted by Gasteiger charge is 2.25. The van der Waals surface area contributed by atoms with Gasteiger partial charge in [-0.25, -0.2) is 9.78 Å². The predicted octanol–water partition coefficient (Wildman–Crippen LogP) is 2.13. The fourth-order valence-corrected chi connectivity index (χ4v) is 3.25. The molecule has 27 heavy (non-hydrogen) atoms. The van der Waals surface area contributed by atoms with Crippen LogP contribution in [0.5, 0.6) is 0 Å². The molecule has 9 nitrogen and oxygen atoms in total. The lowest BCUT2D eigenvalue weighted by Gasteiger charge is -2.05. The van der Waals surface area contributed by atoms with E-state index >= 15 is 0 Å². The minimum atomic E-state index is -0.993. The fourth-order valence-electron chi connectivity index (χ4n) is 3.25. The largest absolute Gasteiger partial charge is 0.478 e. The first kappa shape index (κ1) is 15.7. The smallest absolute Gasteiger partial charge is 0.338 e. The molecule has 0 spiro atoms. The number of fused-ring (bicyclic) bond motifs is 1. The number of carboxylic acid groups (broad SMARTS) is 1. The Labute approximate surface area is 153 Å². The summed E-state index contributed by atoms with van der Waals surface area (Å²) < 4.78 is 8.90. The van der Waals surface area contributed by atoms with Crippen molar-refractivity contribution in [2.45, 2.75) is 31.7 Å². The number of rotatable bonds is 6. The molecule has 1 aliphatic rings. The van der Waals surface area contributed by atoms with Gasteiger partial charge in [-0.1, -0.05) is 0 Å². The molecular formula is C18H16N6O3. The summed E-state index contributed by atoms with van der Waals surface area (Å²) in [6.45, 7) is 0.397. The zero-order valence-electron chi connectivity index (χ0n) is 14.3. The molecule has 1 fully saturated rings. The van der Waals surface area contributed by atoms with E-state index in [0.717, 1.165) is 16.9 Å². The highest BCUT2D eigenvalue weighted by molar-refractivity contribution is 5.86. The van der Waals surface area contributed by atoms with E-state index in [-0.39, 0.29) is 5.56 Å². The highest BCUT2D eigenvalue weighted by Crippen LogP contribution is 2.40. The molecule has 0 radical (unpaired) electrons. The van der Waals surface area contributed by atoms with Crippen molar-refractivity contribution in [2.24, 2.45) is 0 Å². The molecule has 1 N–H and O–H groups in total. The van der Waals surface area contributed by atoms with Crippen LogP contribution in [0, 0.1) is 0 Å². The van der Waals surface area contributed by atoms with Crippen LogP contribution in [0.4, 0.5) is 0 Å². The van der Waals surface area contributed by atoms with Gasteiger partial charge >= 0.3 is 5.97 Å². The summed E-state index contributed by atoms with van der Waals surface area (Å²) in [5.74, 6) is 0.158. The lowest BCUT2D eigenvalue weighted by atomic mass is 10.1. The zero-order chi connectivity index (χ0) is 18.4. The quantitative estimate of drug-likeness (QED) is 0.558. The maximum absolute atomic E-state index is 11.0. The van der Waals surface area contributed by atoms with Crippen molar-refractivity contribution in [2.75, 3.05) is 0 Å². The van der Waals surface area contributed by atoms with Crippen molar-refractivity contribution in [1.29, 1.82) is 0 Å². The van der Waals surface area contributed by atoms with Crippen LogP contribution >= 0.6 is 0 Å². The topological polar surface area (TPSA) is 111 Å². The van der Waals surface area contributed by atoms with Gasteiger partial charge in [-0.05, 0) is 30.4 Å². The lowest BCUT2D eigenvalue weighted by molar-refractivity contribution is 0.0696. The van der Waals surface area contributed by atoms with Gasteiger partial charge in [0.2, 0.25) is 12.3 Å². The molecule has 0 saturated heterocycles. The van der Waals surface area contributed by atoms with Gasteiger partial charge in [-0.2, -0.15) is 5.10 Å². The van der Waals surface area contributed by atoms with Crippen molar-refractivity contribution < 1.29 is 14.3 Å². The molecule has 5 rings (SSSR count). The summed E-state index contributed by atoms with van der Waals surface area (Å²) >= 11 is 0. The monoisotopic (exact) mass is 364 g/mol. The van der Waals surface area contributed by atoms with E-state index in [4.69, 9.17) is 14.5 Å². The van der Waals surface area contributed by atoms with Crippen molar-refractivity contribution in [3.63, 3.8) is 0 Å². The number of carbonyl (C=O) groups is 1. The molecule has 0 aromatic carbocycles. The number of hydrogen-bond donors (Lipinski definition) is 1. The standard InChI is InChI=1S/C18H16N6O3/c25-18(26)14-5-20-24(7-14)9-15-8-23-6-13(11-1-2-11)3-12(17(23)21-15)4-16-22-19-10-27-16/h3,5-8,10-11H,1-2,4,9H2,(H,25,26). The Morgan fingerprint density at radius 3 is 2.89 bits per heavy atom. The third-order valence-electron chi connectivity index (χ3n) is 4.70. The maximum atomic E-state index is 11.0. The van der Waals surface area contributed by atoms with E-state index in [1.54, 1.807) is 4.68 Å². The Kier molecular flexibility index (Phi) is 3.52. The molecule has 0 amide bonds. The molecule has 1 saturated carbocycles. The molecule has 0 aliphatic heterocycles. The van der Waals surface area contributed by atoms with Crippen molar-refractivity contribution in [1.82, 2.24) is 29.4 Å². The Balaban J connectivity index is 1.51. The molecule has 136 valence electrons. The summed E-state index contributed by atoms with van der Waals surface area (Å²) in [7, 11) is 0. The molecule has 4 heterocycles. The van der Waals surface area contributed by atoms with Gasteiger partial charge in [0, 0.05) is 24.2 Å². The number of imidazole rings is 1. The first-order valence-corrected chi connectivity index (χ1v) is 8.67. The lowest BCUT2D eigenvalue weighted by Crippen LogP contribution is -2.00. The highest BCUT2D eigenvalue weighted by atomic mass is 16.4. The molecule has 0 unspecified atom stereocenters. The van der Waals surface area contributed by atoms with Crippen LogP contribution in [0.2, 0.25) is 0 Å². The summed E-state index contributed by atoms with van der Waals surface area (Å²) in [6.07, 6.45) is 11.2. The van der Waals surface area contributed by atoms with Gasteiger partial charge in [0.1, 0.15) is 5.65 Å². The van der Waals surface area contributed by atoms with Gasteiger partial charge in [0.25, 0.3) is 0 Å². The second-order valence-electron chi connectivity index (χ2n) is 6.78. The van der Waals surface area contributed by atoms with E-state index in [2.05, 4.69) is 27.6 Å². The molecule has 4 aromatic heterocycles. The molecule has 1 aliphatic carbocycles. The normalized spacial score (nSPS) is 14.1. The summed E-state index contributed by atoms with van der Waals surface area (Å²) in [5.41, 5.74) is 4.11. The van der Waals surface area contributed by atoms with E-state index < -0.39 is 5.97 Å². The van der Waals surface area contributed by atoms with Gasteiger partial charge in [0.15, 0.2) is 0 Å². The Morgan fingerprint density at radius 1 is 1.30 bits per heavy atom. The van der Waals surface area contributed by atoms with Crippen LogP contribution in [0.3, 0.4) is 0 Å². The van der Waals surface area contributed by atoms with Crippen LogP contribution in [0.15, 0.2) is 41.7 Å². The maximum Gasteiger partial charge on any atom is 0.338 e. The number of hydrogen-bond acceptors (Lipinski definition) is 6. The second kappa shape index (κ2) is 6.04. The predicted molar refractivity (Wildman–Crippen MR) is 92.6 cm³/mol. The van der Waals surface area contributed by atoms with Crippen LogP contribution in [0.1, 0.15) is 51.8 Å². The van der Waals surface area contributed by atoms with Crippen LogP contribution < -0.4 is 0 Å². The summed E-state index contributed by atoms with van der Waals surface area (Å²) in [6, 6.07) is 2.17. The number of aromatic carboxylic acids is 1. The van der Waals surface area contributed by atoms with Crippen molar-refractivity contribution >= 4 is 11.6 Å². The summed E-state index contributed by atoms with van der Waals surface area (Å²) in [4.78, 5) is 15.7. The molecule has 0 atom stereocenters. The third kappa shape index (κ3) is 3.07. The van der Waals surface area contributed by atoms with Crippen LogP contribution in [0.25, 0.3) is 5.65 Å². The zero-order valence-corrected chi connectivity index (χ0v) is 14.3. The Bertz CT molecular complexity index is 1120. The number of aromatic nitrogens is 6. The fraction of sp³-hybridized carbons (Fsp3) is 0.278. The van der Waals surface area contributed by atoms with Gasteiger partial charge < -0.3 is 13.9 Å². The van der Waals surface area contributed by atoms with Crippen LogP contribution in [-0.4, -0.2) is 40.4 Å². The third-order valence-corrected chi connectivity index (χ3v) is 4.70. The molecule has 0 bridgehead atoms. The van der Waals surface area contributed by atoms with E-state index in [9.17, 15) is 4.79 Å². The number of carboxylic acids is 1. The Morgan fingerprint density at radius 2 is 2.19 bits per heavy atom. The van der Waals surface area contributed by atoms with E-state index in [1.165, 1.54) is 37.2 Å². The minimum Gasteiger partial charge on any atom is -0.478 e. The SMILES string of the molecule is O=C(O)c1cnn(Cc2cn3cc(C4CC4)cc(Cc4nnco4)c3n2)c1. The van der Waals surface area contributed by atoms with Gasteiger partial charge in [-0.15, -0.1) is 10.2 Å². The average molecular weight is 364 g/mol. The summed E-state index contributed by atoms with van der Waals surface area (Å²) in [5, 5.41) is 20.8. The second-order valence-corrected chi connectivity index (χ2v) is 6.78. The van der Waals surface area contributed by atoms with E-state index in [0.29, 0.717) is 24.8 Å².